The van der Waals surface area contributed by atoms with Crippen molar-refractivity contribution < 1.29 is 14.7 Å². The summed E-state index contributed by atoms with van der Waals surface area (Å²) in [7, 11) is 0. The fraction of sp³-hybridized carbons (Fsp3) is 0.286. The van der Waals surface area contributed by atoms with Gasteiger partial charge in [0.05, 0.1) is 11.3 Å². The maximum Gasteiger partial charge on any atom is 0.294 e. The number of rotatable bonds is 5. The van der Waals surface area contributed by atoms with Crippen molar-refractivity contribution in [2.24, 2.45) is 5.92 Å². The molecule has 2 heterocycles. The minimum absolute atomic E-state index is 0.121. The Morgan fingerprint density at radius 2 is 1.88 bits per heavy atom. The molecule has 0 aliphatic carbocycles. The van der Waals surface area contributed by atoms with Gasteiger partial charge in [-0.25, -0.2) is 0 Å². The summed E-state index contributed by atoms with van der Waals surface area (Å²) >= 11 is 0. The van der Waals surface area contributed by atoms with Crippen molar-refractivity contribution >= 4 is 17.4 Å². The maximum atomic E-state index is 12.8. The molecule has 1 aliphatic heterocycles. The molecule has 2 aromatic rings. The first-order valence-corrected chi connectivity index (χ1v) is 8.67. The van der Waals surface area contributed by atoms with Gasteiger partial charge in [0, 0.05) is 18.3 Å². The highest BCUT2D eigenvalue weighted by molar-refractivity contribution is 6.16. The Morgan fingerprint density at radius 1 is 1.19 bits per heavy atom. The van der Waals surface area contributed by atoms with E-state index in [4.69, 9.17) is 0 Å². The van der Waals surface area contributed by atoms with Gasteiger partial charge in [0.2, 0.25) is 0 Å². The number of ketones is 1. The second-order valence-corrected chi connectivity index (χ2v) is 6.95. The summed E-state index contributed by atoms with van der Waals surface area (Å²) in [6.07, 6.45) is 1.88. The molecule has 5 nitrogen and oxygen atoms in total. The molecule has 5 heteroatoms. The van der Waals surface area contributed by atoms with Crippen LogP contribution in [0.4, 0.5) is 5.69 Å². The summed E-state index contributed by atoms with van der Waals surface area (Å²) in [5, 5.41) is 10.5. The number of aryl methyl sites for hydroxylation is 1. The lowest BCUT2D eigenvalue weighted by molar-refractivity contribution is -0.118. The van der Waals surface area contributed by atoms with Crippen molar-refractivity contribution in [2.75, 3.05) is 4.90 Å². The van der Waals surface area contributed by atoms with E-state index in [9.17, 15) is 14.7 Å². The molecule has 0 bridgehead atoms. The van der Waals surface area contributed by atoms with Crippen LogP contribution >= 0.6 is 0 Å². The van der Waals surface area contributed by atoms with Crippen LogP contribution in [0.1, 0.15) is 37.6 Å². The van der Waals surface area contributed by atoms with Gasteiger partial charge in [0.15, 0.2) is 11.5 Å². The molecule has 1 amide bonds. The molecule has 1 unspecified atom stereocenters. The normalized spacial score (nSPS) is 17.3. The van der Waals surface area contributed by atoms with Crippen LogP contribution in [0.3, 0.4) is 0 Å². The third kappa shape index (κ3) is 3.25. The molecule has 1 aromatic heterocycles. The van der Waals surface area contributed by atoms with Gasteiger partial charge in [-0.1, -0.05) is 37.6 Å². The number of hydrogen-bond acceptors (Lipinski definition) is 4. The third-order valence-electron chi connectivity index (χ3n) is 4.38. The van der Waals surface area contributed by atoms with E-state index >= 15 is 0 Å². The van der Waals surface area contributed by atoms with Crippen LogP contribution in [0, 0.1) is 12.8 Å². The summed E-state index contributed by atoms with van der Waals surface area (Å²) in [5.74, 6) is -1.16. The Morgan fingerprint density at radius 3 is 2.46 bits per heavy atom. The van der Waals surface area contributed by atoms with Gasteiger partial charge in [-0.15, -0.1) is 0 Å². The van der Waals surface area contributed by atoms with Crippen molar-refractivity contribution in [3.05, 3.63) is 71.3 Å². The van der Waals surface area contributed by atoms with Crippen molar-refractivity contribution in [3.8, 4) is 0 Å². The quantitative estimate of drug-likeness (QED) is 0.888. The van der Waals surface area contributed by atoms with Crippen molar-refractivity contribution in [3.63, 3.8) is 0 Å². The number of pyridine rings is 1. The molecule has 1 aromatic carbocycles. The molecule has 0 radical (unpaired) electrons. The molecule has 1 aliphatic rings. The first-order valence-electron chi connectivity index (χ1n) is 8.67. The number of carbonyl (C=O) groups is 2. The minimum Gasteiger partial charge on any atom is -0.503 e. The summed E-state index contributed by atoms with van der Waals surface area (Å²) < 4.78 is 0. The standard InChI is InChI=1S/C21H22N2O3/c1-13(2)12-17(24)18-19(16-6-4-5-11-22-16)23(21(26)20(18)25)15-9-7-14(3)8-10-15/h4-11,13,19,25H,12H2,1-3H3. The number of anilines is 1. The number of amides is 1. The summed E-state index contributed by atoms with van der Waals surface area (Å²) in [5.41, 5.74) is 2.36. The van der Waals surface area contributed by atoms with Crippen LogP contribution in [-0.4, -0.2) is 21.8 Å². The van der Waals surface area contributed by atoms with Crippen LogP contribution < -0.4 is 4.90 Å². The van der Waals surface area contributed by atoms with E-state index in [1.165, 1.54) is 4.90 Å². The molecule has 26 heavy (non-hydrogen) atoms. The Kier molecular flexibility index (Phi) is 4.89. The summed E-state index contributed by atoms with van der Waals surface area (Å²) in [4.78, 5) is 31.4. The highest BCUT2D eigenvalue weighted by Crippen LogP contribution is 2.40. The van der Waals surface area contributed by atoms with Crippen LogP contribution in [0.15, 0.2) is 60.0 Å². The fourth-order valence-electron chi connectivity index (χ4n) is 3.16. The number of carbonyl (C=O) groups excluding carboxylic acids is 2. The molecule has 0 saturated carbocycles. The average Bonchev–Trinajstić information content (AvgIpc) is 2.88. The van der Waals surface area contributed by atoms with E-state index in [-0.39, 0.29) is 23.7 Å². The predicted molar refractivity (Wildman–Crippen MR) is 99.8 cm³/mol. The van der Waals surface area contributed by atoms with Gasteiger partial charge in [-0.05, 0) is 37.1 Å². The zero-order valence-corrected chi connectivity index (χ0v) is 15.1. The number of nitrogens with zero attached hydrogens (tertiary/aromatic N) is 2. The first kappa shape index (κ1) is 17.9. The number of aromatic nitrogens is 1. The number of aliphatic hydroxyl groups is 1. The van der Waals surface area contributed by atoms with E-state index in [0.717, 1.165) is 5.56 Å². The highest BCUT2D eigenvalue weighted by Gasteiger charge is 2.44. The Labute approximate surface area is 153 Å². The molecule has 0 saturated heterocycles. The lowest BCUT2D eigenvalue weighted by atomic mass is 9.94. The van der Waals surface area contributed by atoms with Gasteiger partial charge in [-0.2, -0.15) is 0 Å². The topological polar surface area (TPSA) is 70.5 Å². The van der Waals surface area contributed by atoms with Gasteiger partial charge in [0.25, 0.3) is 5.91 Å². The Balaban J connectivity index is 2.12. The van der Waals surface area contributed by atoms with Crippen LogP contribution in [0.25, 0.3) is 0 Å². The second-order valence-electron chi connectivity index (χ2n) is 6.95. The van der Waals surface area contributed by atoms with Crippen molar-refractivity contribution in [1.29, 1.82) is 0 Å². The third-order valence-corrected chi connectivity index (χ3v) is 4.38. The second kappa shape index (κ2) is 7.12. The molecule has 0 spiro atoms. The number of benzene rings is 1. The van der Waals surface area contributed by atoms with E-state index < -0.39 is 17.7 Å². The van der Waals surface area contributed by atoms with E-state index in [1.807, 2.05) is 45.0 Å². The van der Waals surface area contributed by atoms with Gasteiger partial charge in [-0.3, -0.25) is 19.5 Å². The molecule has 1 N–H and O–H groups in total. The van der Waals surface area contributed by atoms with Crippen molar-refractivity contribution in [2.45, 2.75) is 33.2 Å². The van der Waals surface area contributed by atoms with Gasteiger partial charge < -0.3 is 5.11 Å². The van der Waals surface area contributed by atoms with E-state index in [2.05, 4.69) is 4.98 Å². The molecular formula is C21H22N2O3. The Hall–Kier alpha value is -2.95. The SMILES string of the molecule is Cc1ccc(N2C(=O)C(O)=C(C(=O)CC(C)C)C2c2ccccn2)cc1. The summed E-state index contributed by atoms with van der Waals surface area (Å²) in [6, 6.07) is 12.0. The maximum absolute atomic E-state index is 12.8. The lowest BCUT2D eigenvalue weighted by Gasteiger charge is -2.26. The number of hydrogen-bond donors (Lipinski definition) is 1. The smallest absolute Gasteiger partial charge is 0.294 e. The molecule has 1 atom stereocenters. The minimum atomic E-state index is -0.724. The molecule has 134 valence electrons. The van der Waals surface area contributed by atoms with Gasteiger partial charge in [0.1, 0.15) is 6.04 Å². The largest absolute Gasteiger partial charge is 0.503 e. The van der Waals surface area contributed by atoms with E-state index in [0.29, 0.717) is 11.4 Å². The zero-order valence-electron chi connectivity index (χ0n) is 15.1. The molecule has 3 rings (SSSR count). The zero-order chi connectivity index (χ0) is 18.8. The first-order chi connectivity index (χ1) is 12.4. The Bertz CT molecular complexity index is 855. The predicted octanol–water partition coefficient (Wildman–Crippen LogP) is 3.91. The number of aliphatic hydroxyl groups excluding tert-OH is 1. The van der Waals surface area contributed by atoms with Crippen LogP contribution in [-0.2, 0) is 9.59 Å². The molecule has 0 fully saturated rings. The highest BCUT2D eigenvalue weighted by atomic mass is 16.3. The average molecular weight is 350 g/mol. The van der Waals surface area contributed by atoms with Gasteiger partial charge >= 0.3 is 0 Å². The number of Topliss-reactive ketones (excluding diaryl/α,β-unsaturated/α-hetero) is 1. The monoisotopic (exact) mass is 350 g/mol. The lowest BCUT2D eigenvalue weighted by Crippen LogP contribution is -2.31. The van der Waals surface area contributed by atoms with E-state index in [1.54, 1.807) is 24.4 Å². The van der Waals surface area contributed by atoms with Crippen LogP contribution in [0.2, 0.25) is 0 Å². The molecular weight excluding hydrogens is 328 g/mol. The van der Waals surface area contributed by atoms with Crippen molar-refractivity contribution in [1.82, 2.24) is 4.98 Å². The van der Waals surface area contributed by atoms with Crippen LogP contribution in [0.5, 0.6) is 0 Å². The summed E-state index contributed by atoms with van der Waals surface area (Å²) in [6.45, 7) is 5.82. The fourth-order valence-corrected chi connectivity index (χ4v) is 3.16.